The number of aliphatic carboxylic acids is 1. The van der Waals surface area contributed by atoms with E-state index in [1.54, 1.807) is 0 Å². The molecule has 0 bridgehead atoms. The van der Waals surface area contributed by atoms with E-state index >= 15 is 0 Å². The Kier molecular flexibility index (Phi) is 8.07. The van der Waals surface area contributed by atoms with Gasteiger partial charge in [0.25, 0.3) is 0 Å². The van der Waals surface area contributed by atoms with E-state index in [2.05, 4.69) is 0 Å². The predicted octanol–water partition coefficient (Wildman–Crippen LogP) is -3.58. The number of rotatable bonds is 3. The quantitative estimate of drug-likeness (QED) is 0.355. The molecule has 6 nitrogen and oxygen atoms in total. The molecule has 0 aliphatic heterocycles. The first-order valence-corrected chi connectivity index (χ1v) is 3.21. The second-order valence-corrected chi connectivity index (χ2v) is 2.33. The van der Waals surface area contributed by atoms with Crippen molar-refractivity contribution < 1.29 is 25.2 Å². The number of aliphatic hydroxyl groups is 3. The summed E-state index contributed by atoms with van der Waals surface area (Å²) in [6.07, 6.45) is 0. The molecule has 6 heteroatoms. The molecule has 0 aliphatic rings. The Labute approximate surface area is 70.2 Å². The zero-order chi connectivity index (χ0) is 10.2. The molecule has 0 aromatic heterocycles. The highest BCUT2D eigenvalue weighted by Crippen LogP contribution is 1.93. The third kappa shape index (κ3) is 9.31. The van der Waals surface area contributed by atoms with Gasteiger partial charge in [0, 0.05) is 5.97 Å². The van der Waals surface area contributed by atoms with Gasteiger partial charge in [-0.25, -0.2) is 0 Å². The molecule has 5 N–H and O–H groups in total. The van der Waals surface area contributed by atoms with Crippen molar-refractivity contribution in [3.8, 4) is 0 Å². The summed E-state index contributed by atoms with van der Waals surface area (Å²) in [6.45, 7) is -0.236. The van der Waals surface area contributed by atoms with Crippen LogP contribution in [-0.4, -0.2) is 46.6 Å². The highest BCUT2D eigenvalue weighted by Gasteiger charge is 2.20. The molecule has 0 rings (SSSR count). The van der Waals surface area contributed by atoms with Crippen molar-refractivity contribution in [2.45, 2.75) is 12.5 Å². The van der Waals surface area contributed by atoms with Crippen molar-refractivity contribution in [3.63, 3.8) is 0 Å². The van der Waals surface area contributed by atoms with Gasteiger partial charge in [0.1, 0.15) is 0 Å². The normalized spacial score (nSPS) is 10.1. The first-order chi connectivity index (χ1) is 5.41. The highest BCUT2D eigenvalue weighted by molar-refractivity contribution is 5.60. The van der Waals surface area contributed by atoms with Gasteiger partial charge in [-0.1, -0.05) is 0 Å². The fourth-order valence-corrected chi connectivity index (χ4v) is 0.150. The van der Waals surface area contributed by atoms with Crippen molar-refractivity contribution in [2.75, 3.05) is 19.8 Å². The first-order valence-electron chi connectivity index (χ1n) is 3.21. The third-order valence-electron chi connectivity index (χ3n) is 0.945. The van der Waals surface area contributed by atoms with Crippen molar-refractivity contribution in [1.82, 2.24) is 0 Å². The molecule has 12 heavy (non-hydrogen) atoms. The fourth-order valence-electron chi connectivity index (χ4n) is 0.150. The molecular weight excluding hydrogens is 166 g/mol. The number of aliphatic hydroxyl groups excluding tert-OH is 3. The Hall–Kier alpha value is -0.690. The summed E-state index contributed by atoms with van der Waals surface area (Å²) in [5.41, 5.74) is 3.94. The van der Waals surface area contributed by atoms with E-state index in [0.29, 0.717) is 0 Å². The van der Waals surface area contributed by atoms with E-state index in [0.717, 1.165) is 6.92 Å². The first kappa shape index (κ1) is 13.9. The van der Waals surface area contributed by atoms with Crippen LogP contribution in [0.3, 0.4) is 0 Å². The van der Waals surface area contributed by atoms with Crippen LogP contribution >= 0.6 is 0 Å². The standard InChI is InChI=1S/C4H11NO3.C2H4O2/c5-4(1-6,2-7)3-8;1-2(3)4/h6-8H,1-3,5H2;1H3,(H,3,4)/p-1. The van der Waals surface area contributed by atoms with Crippen LogP contribution in [0.4, 0.5) is 0 Å². The lowest BCUT2D eigenvalue weighted by atomic mass is 10.1. The van der Waals surface area contributed by atoms with Gasteiger partial charge in [-0.2, -0.15) is 0 Å². The molecule has 0 fully saturated rings. The maximum atomic E-state index is 8.89. The van der Waals surface area contributed by atoms with Crippen LogP contribution in [-0.2, 0) is 4.79 Å². The van der Waals surface area contributed by atoms with Gasteiger partial charge in [0.2, 0.25) is 0 Å². The summed E-state index contributed by atoms with van der Waals surface area (Å²) in [7, 11) is 0. The number of carboxylic acid groups (broad SMARTS) is 1. The summed E-state index contributed by atoms with van der Waals surface area (Å²) < 4.78 is 0. The summed E-state index contributed by atoms with van der Waals surface area (Å²) in [5, 5.41) is 33.9. The zero-order valence-electron chi connectivity index (χ0n) is 6.86. The van der Waals surface area contributed by atoms with E-state index < -0.39 is 31.3 Å². The second-order valence-electron chi connectivity index (χ2n) is 2.33. The van der Waals surface area contributed by atoms with Crippen LogP contribution in [0.5, 0.6) is 0 Å². The van der Waals surface area contributed by atoms with Gasteiger partial charge in [-0.3, -0.25) is 0 Å². The lowest BCUT2D eigenvalue weighted by Gasteiger charge is -2.20. The van der Waals surface area contributed by atoms with Gasteiger partial charge >= 0.3 is 0 Å². The van der Waals surface area contributed by atoms with E-state index in [4.69, 9.17) is 31.0 Å². The van der Waals surface area contributed by atoms with Crippen molar-refractivity contribution in [1.29, 1.82) is 0 Å². The molecular formula is C6H14NO5-. The van der Waals surface area contributed by atoms with Crippen LogP contribution in [0, 0.1) is 0 Å². The topological polar surface area (TPSA) is 127 Å². The average molecular weight is 180 g/mol. The minimum Gasteiger partial charge on any atom is -0.550 e. The molecule has 0 atom stereocenters. The Balaban J connectivity index is 0. The van der Waals surface area contributed by atoms with Gasteiger partial charge in [0.05, 0.1) is 25.4 Å². The molecule has 0 spiro atoms. The van der Waals surface area contributed by atoms with E-state index in [-0.39, 0.29) is 0 Å². The monoisotopic (exact) mass is 180 g/mol. The third-order valence-corrected chi connectivity index (χ3v) is 0.945. The van der Waals surface area contributed by atoms with Gasteiger partial charge < -0.3 is 31.0 Å². The Bertz CT molecular complexity index is 111. The van der Waals surface area contributed by atoms with Crippen LogP contribution in [0.15, 0.2) is 0 Å². The number of carbonyl (C=O) groups is 1. The molecule has 0 saturated heterocycles. The number of nitrogens with two attached hydrogens (primary N) is 1. The average Bonchev–Trinajstić information content (AvgIpc) is 2.02. The summed E-state index contributed by atoms with van der Waals surface area (Å²) in [5.74, 6) is -1.08. The second kappa shape index (κ2) is 6.99. The van der Waals surface area contributed by atoms with Crippen molar-refractivity contribution in [3.05, 3.63) is 0 Å². The lowest BCUT2D eigenvalue weighted by Crippen LogP contribution is -2.50. The Morgan fingerprint density at radius 2 is 1.50 bits per heavy atom. The van der Waals surface area contributed by atoms with Gasteiger partial charge in [0.15, 0.2) is 0 Å². The van der Waals surface area contributed by atoms with Crippen molar-refractivity contribution in [2.24, 2.45) is 5.73 Å². The number of hydrogen-bond donors (Lipinski definition) is 4. The molecule has 0 aliphatic carbocycles. The van der Waals surface area contributed by atoms with Gasteiger partial charge in [-0.15, -0.1) is 0 Å². The van der Waals surface area contributed by atoms with E-state index in [1.807, 2.05) is 0 Å². The predicted molar refractivity (Wildman–Crippen MR) is 38.9 cm³/mol. The van der Waals surface area contributed by atoms with E-state index in [1.165, 1.54) is 0 Å². The van der Waals surface area contributed by atoms with Gasteiger partial charge in [-0.05, 0) is 6.92 Å². The Morgan fingerprint density at radius 1 is 1.33 bits per heavy atom. The van der Waals surface area contributed by atoms with E-state index in [9.17, 15) is 0 Å². The van der Waals surface area contributed by atoms with Crippen LogP contribution in [0.1, 0.15) is 6.92 Å². The summed E-state index contributed by atoms with van der Waals surface area (Å²) in [4.78, 5) is 8.89. The molecule has 0 aromatic carbocycles. The number of carboxylic acids is 1. The van der Waals surface area contributed by atoms with Crippen LogP contribution in [0.25, 0.3) is 0 Å². The molecule has 0 radical (unpaired) electrons. The molecule has 0 saturated carbocycles. The molecule has 0 heterocycles. The Morgan fingerprint density at radius 3 is 1.50 bits per heavy atom. The molecule has 74 valence electrons. The maximum Gasteiger partial charge on any atom is 0.0856 e. The molecule has 0 aromatic rings. The number of carbonyl (C=O) groups excluding carboxylic acids is 1. The fraction of sp³-hybridized carbons (Fsp3) is 0.833. The summed E-state index contributed by atoms with van der Waals surface area (Å²) in [6, 6.07) is 0. The van der Waals surface area contributed by atoms with Crippen molar-refractivity contribution >= 4 is 5.97 Å². The largest absolute Gasteiger partial charge is 0.550 e. The smallest absolute Gasteiger partial charge is 0.0856 e. The van der Waals surface area contributed by atoms with Crippen LogP contribution < -0.4 is 10.8 Å². The molecule has 0 amide bonds. The maximum absolute atomic E-state index is 8.89. The SMILES string of the molecule is CC(=O)[O-].NC(CO)(CO)CO. The summed E-state index contributed by atoms with van der Waals surface area (Å²) >= 11 is 0. The minimum atomic E-state index is -1.21. The van der Waals surface area contributed by atoms with Crippen LogP contribution in [0.2, 0.25) is 0 Å². The number of hydrogen-bond acceptors (Lipinski definition) is 6. The highest BCUT2D eigenvalue weighted by atomic mass is 16.4. The minimum absolute atomic E-state index is 0.403. The zero-order valence-corrected chi connectivity index (χ0v) is 6.86. The lowest BCUT2D eigenvalue weighted by molar-refractivity contribution is -0.302. The molecule has 0 unspecified atom stereocenters.